The highest BCUT2D eigenvalue weighted by atomic mass is 35.5. The van der Waals surface area contributed by atoms with Gasteiger partial charge in [-0.1, -0.05) is 17.7 Å². The van der Waals surface area contributed by atoms with Crippen LogP contribution in [0.25, 0.3) is 0 Å². The number of nitrogens with one attached hydrogen (secondary N) is 1. The Morgan fingerprint density at radius 1 is 1.12 bits per heavy atom. The van der Waals surface area contributed by atoms with Crippen LogP contribution in [0.1, 0.15) is 22.7 Å². The second kappa shape index (κ2) is 5.25. The second-order valence-corrected chi connectivity index (χ2v) is 4.39. The Hall–Kier alpha value is -1.45. The monoisotopic (exact) mass is 247 g/mol. The van der Waals surface area contributed by atoms with Gasteiger partial charge in [-0.05, 0) is 37.2 Å². The van der Waals surface area contributed by atoms with E-state index in [-0.39, 0.29) is 6.04 Å². The van der Waals surface area contributed by atoms with E-state index in [0.717, 1.165) is 21.7 Å². The third kappa shape index (κ3) is 2.81. The van der Waals surface area contributed by atoms with Gasteiger partial charge in [0.2, 0.25) is 0 Å². The number of benzene rings is 1. The van der Waals surface area contributed by atoms with Gasteiger partial charge in [0, 0.05) is 23.0 Å². The zero-order valence-corrected chi connectivity index (χ0v) is 10.6. The number of rotatable bonds is 3. The summed E-state index contributed by atoms with van der Waals surface area (Å²) in [6, 6.07) is 6.08. The maximum absolute atomic E-state index is 6.08. The molecule has 0 amide bonds. The summed E-state index contributed by atoms with van der Waals surface area (Å²) in [5.41, 5.74) is 3.29. The minimum absolute atomic E-state index is 0.0635. The van der Waals surface area contributed by atoms with E-state index in [1.165, 1.54) is 6.33 Å². The molecule has 88 valence electrons. The van der Waals surface area contributed by atoms with Gasteiger partial charge < -0.3 is 5.32 Å². The summed E-state index contributed by atoms with van der Waals surface area (Å²) < 4.78 is 0. The largest absolute Gasteiger partial charge is 0.309 e. The van der Waals surface area contributed by atoms with Crippen molar-refractivity contribution in [3.8, 4) is 0 Å². The van der Waals surface area contributed by atoms with Crippen LogP contribution >= 0.6 is 11.6 Å². The summed E-state index contributed by atoms with van der Waals surface area (Å²) in [5.74, 6) is 0. The molecule has 0 aliphatic carbocycles. The van der Waals surface area contributed by atoms with E-state index in [9.17, 15) is 0 Å². The summed E-state index contributed by atoms with van der Waals surface area (Å²) in [6.07, 6.45) is 5.15. The first-order chi connectivity index (χ1) is 8.20. The number of hydrogen-bond acceptors (Lipinski definition) is 3. The van der Waals surface area contributed by atoms with Crippen molar-refractivity contribution >= 4 is 11.6 Å². The molecular formula is C13H14ClN3. The lowest BCUT2D eigenvalue weighted by Gasteiger charge is -2.17. The Morgan fingerprint density at radius 3 is 2.41 bits per heavy atom. The molecule has 0 aliphatic heterocycles. The highest BCUT2D eigenvalue weighted by Gasteiger charge is 2.13. The Balaban J connectivity index is 2.42. The Morgan fingerprint density at radius 2 is 1.82 bits per heavy atom. The van der Waals surface area contributed by atoms with Gasteiger partial charge in [0.05, 0.1) is 6.04 Å². The fraction of sp³-hybridized carbons (Fsp3) is 0.231. The minimum Gasteiger partial charge on any atom is -0.309 e. The average molecular weight is 248 g/mol. The van der Waals surface area contributed by atoms with Gasteiger partial charge in [-0.15, -0.1) is 0 Å². The lowest BCUT2D eigenvalue weighted by molar-refractivity contribution is 0.684. The van der Waals surface area contributed by atoms with Gasteiger partial charge in [0.1, 0.15) is 6.33 Å². The Bertz CT molecular complexity index is 479. The topological polar surface area (TPSA) is 37.8 Å². The molecular weight excluding hydrogens is 234 g/mol. The summed E-state index contributed by atoms with van der Waals surface area (Å²) >= 11 is 6.08. The van der Waals surface area contributed by atoms with E-state index in [2.05, 4.69) is 21.4 Å². The molecule has 2 aromatic rings. The Kier molecular flexibility index (Phi) is 3.71. The van der Waals surface area contributed by atoms with Crippen molar-refractivity contribution in [2.24, 2.45) is 0 Å². The zero-order chi connectivity index (χ0) is 12.3. The van der Waals surface area contributed by atoms with Crippen molar-refractivity contribution in [1.82, 2.24) is 15.3 Å². The molecule has 0 bridgehead atoms. The third-order valence-electron chi connectivity index (χ3n) is 2.60. The van der Waals surface area contributed by atoms with Crippen molar-refractivity contribution in [3.63, 3.8) is 0 Å². The minimum atomic E-state index is 0.0635. The van der Waals surface area contributed by atoms with E-state index in [4.69, 9.17) is 11.6 Å². The lowest BCUT2D eigenvalue weighted by atomic mass is 10.00. The highest BCUT2D eigenvalue weighted by Crippen LogP contribution is 2.24. The second-order valence-electron chi connectivity index (χ2n) is 3.96. The first-order valence-corrected chi connectivity index (χ1v) is 5.78. The zero-order valence-electron chi connectivity index (χ0n) is 9.81. The van der Waals surface area contributed by atoms with Crippen molar-refractivity contribution in [2.75, 3.05) is 7.05 Å². The lowest BCUT2D eigenvalue weighted by Crippen LogP contribution is -2.18. The summed E-state index contributed by atoms with van der Waals surface area (Å²) in [7, 11) is 1.91. The van der Waals surface area contributed by atoms with Crippen molar-refractivity contribution in [2.45, 2.75) is 13.0 Å². The van der Waals surface area contributed by atoms with Crippen LogP contribution in [0.2, 0.25) is 5.02 Å². The molecule has 1 aromatic carbocycles. The molecule has 3 nitrogen and oxygen atoms in total. The van der Waals surface area contributed by atoms with E-state index < -0.39 is 0 Å². The SMILES string of the molecule is CNC(c1cncnc1)c1cc(C)cc(Cl)c1. The molecule has 0 fully saturated rings. The van der Waals surface area contributed by atoms with E-state index in [1.807, 2.05) is 38.5 Å². The molecule has 0 saturated carbocycles. The third-order valence-corrected chi connectivity index (χ3v) is 2.82. The Labute approximate surface area is 106 Å². The van der Waals surface area contributed by atoms with Crippen LogP contribution in [-0.4, -0.2) is 17.0 Å². The molecule has 4 heteroatoms. The fourth-order valence-corrected chi connectivity index (χ4v) is 2.21. The summed E-state index contributed by atoms with van der Waals surface area (Å²) in [4.78, 5) is 8.08. The van der Waals surface area contributed by atoms with Gasteiger partial charge in [0.15, 0.2) is 0 Å². The normalized spacial score (nSPS) is 12.4. The van der Waals surface area contributed by atoms with Crippen LogP contribution in [0.3, 0.4) is 0 Å². The predicted molar refractivity (Wildman–Crippen MR) is 69.1 cm³/mol. The smallest absolute Gasteiger partial charge is 0.115 e. The number of halogens is 1. The van der Waals surface area contributed by atoms with Crippen molar-refractivity contribution in [3.05, 3.63) is 58.6 Å². The van der Waals surface area contributed by atoms with E-state index in [1.54, 1.807) is 0 Å². The molecule has 1 N–H and O–H groups in total. The molecule has 1 aromatic heterocycles. The van der Waals surface area contributed by atoms with Gasteiger partial charge in [0.25, 0.3) is 0 Å². The number of hydrogen-bond donors (Lipinski definition) is 1. The quantitative estimate of drug-likeness (QED) is 0.906. The molecule has 2 rings (SSSR count). The van der Waals surface area contributed by atoms with Crippen molar-refractivity contribution in [1.29, 1.82) is 0 Å². The summed E-state index contributed by atoms with van der Waals surface area (Å²) in [6.45, 7) is 2.03. The highest BCUT2D eigenvalue weighted by molar-refractivity contribution is 6.30. The molecule has 0 saturated heterocycles. The maximum Gasteiger partial charge on any atom is 0.115 e. The van der Waals surface area contributed by atoms with Crippen LogP contribution in [0, 0.1) is 6.92 Å². The van der Waals surface area contributed by atoms with Gasteiger partial charge in [-0.3, -0.25) is 0 Å². The number of nitrogens with zero attached hydrogens (tertiary/aromatic N) is 2. The fourth-order valence-electron chi connectivity index (χ4n) is 1.92. The van der Waals surface area contributed by atoms with Gasteiger partial charge in [-0.2, -0.15) is 0 Å². The van der Waals surface area contributed by atoms with Gasteiger partial charge in [-0.25, -0.2) is 9.97 Å². The van der Waals surface area contributed by atoms with Crippen molar-refractivity contribution < 1.29 is 0 Å². The molecule has 1 atom stereocenters. The molecule has 1 unspecified atom stereocenters. The standard InChI is InChI=1S/C13H14ClN3/c1-9-3-10(5-12(14)4-9)13(15-2)11-6-16-8-17-7-11/h3-8,13,15H,1-2H3. The summed E-state index contributed by atoms with van der Waals surface area (Å²) in [5, 5.41) is 4.00. The molecule has 1 heterocycles. The van der Waals surface area contributed by atoms with Crippen LogP contribution in [-0.2, 0) is 0 Å². The first-order valence-electron chi connectivity index (χ1n) is 5.40. The van der Waals surface area contributed by atoms with E-state index >= 15 is 0 Å². The molecule has 0 spiro atoms. The molecule has 0 radical (unpaired) electrons. The molecule has 0 aliphatic rings. The first kappa shape index (κ1) is 12.0. The number of aromatic nitrogens is 2. The van der Waals surface area contributed by atoms with Crippen LogP contribution in [0.5, 0.6) is 0 Å². The van der Waals surface area contributed by atoms with Crippen LogP contribution in [0.4, 0.5) is 0 Å². The van der Waals surface area contributed by atoms with Gasteiger partial charge >= 0.3 is 0 Å². The van der Waals surface area contributed by atoms with Crippen LogP contribution in [0.15, 0.2) is 36.9 Å². The number of aryl methyl sites for hydroxylation is 1. The maximum atomic E-state index is 6.08. The van der Waals surface area contributed by atoms with E-state index in [0.29, 0.717) is 0 Å². The van der Waals surface area contributed by atoms with Crippen LogP contribution < -0.4 is 5.32 Å². The average Bonchev–Trinajstić information content (AvgIpc) is 2.30. The predicted octanol–water partition coefficient (Wildman–Crippen LogP) is 2.75. The molecule has 17 heavy (non-hydrogen) atoms.